The molecule has 0 spiro atoms. The number of aryl methyl sites for hydroxylation is 2. The van der Waals surface area contributed by atoms with E-state index in [9.17, 15) is 5.26 Å². The largest absolute Gasteiger partial charge is 1.00 e. The molecule has 18 heavy (non-hydrogen) atoms. The molecule has 2 rings (SSSR count). The van der Waals surface area contributed by atoms with Crippen LogP contribution in [0.25, 0.3) is 0 Å². The van der Waals surface area contributed by atoms with Crippen LogP contribution in [-0.4, -0.2) is 0 Å². The van der Waals surface area contributed by atoms with Gasteiger partial charge in [-0.1, -0.05) is 42.8 Å². The van der Waals surface area contributed by atoms with Crippen LogP contribution in [0.3, 0.4) is 0 Å². The molecule has 0 aliphatic rings. The minimum Gasteiger partial charge on any atom is -0.202 e. The van der Waals surface area contributed by atoms with Gasteiger partial charge in [0.25, 0.3) is 0 Å². The summed E-state index contributed by atoms with van der Waals surface area (Å²) in [5.74, 6) is 0. The van der Waals surface area contributed by atoms with Crippen LogP contribution in [-0.2, 0) is 0 Å². The van der Waals surface area contributed by atoms with Crippen molar-refractivity contribution in [2.75, 3.05) is 0 Å². The summed E-state index contributed by atoms with van der Waals surface area (Å²) in [6.45, 7) is 4.01. The topological polar surface area (TPSA) is 23.8 Å². The van der Waals surface area contributed by atoms with Crippen LogP contribution in [0.2, 0.25) is 0 Å². The molecule has 0 heterocycles. The number of benzene rings is 2. The molecule has 0 saturated heterocycles. The molecule has 0 radical (unpaired) electrons. The monoisotopic (exact) mass is 227 g/mol. The van der Waals surface area contributed by atoms with E-state index in [2.05, 4.69) is 18.6 Å². The SMILES string of the molecule is Cc1ccc(C)c([CH-]c2ccccc2)c1C#N.[Li+]. The third kappa shape index (κ3) is 2.99. The Morgan fingerprint density at radius 1 is 0.944 bits per heavy atom. The second-order valence-corrected chi connectivity index (χ2v) is 4.15. The van der Waals surface area contributed by atoms with E-state index in [1.54, 1.807) is 0 Å². The molecule has 0 bridgehead atoms. The Balaban J connectivity index is 0.00000162. The molecular formula is C16H14LiN. The van der Waals surface area contributed by atoms with Gasteiger partial charge in [-0.25, -0.2) is 5.26 Å². The first-order valence-electron chi connectivity index (χ1n) is 5.62. The molecule has 0 unspecified atom stereocenters. The van der Waals surface area contributed by atoms with Crippen molar-refractivity contribution >= 4 is 0 Å². The molecular weight excluding hydrogens is 213 g/mol. The van der Waals surface area contributed by atoms with Crippen molar-refractivity contribution in [2.24, 2.45) is 0 Å². The Kier molecular flexibility index (Phi) is 5.11. The molecule has 84 valence electrons. The van der Waals surface area contributed by atoms with Crippen LogP contribution in [0, 0.1) is 31.6 Å². The molecule has 2 heteroatoms. The van der Waals surface area contributed by atoms with E-state index in [4.69, 9.17) is 0 Å². The predicted molar refractivity (Wildman–Crippen MR) is 69.6 cm³/mol. The Morgan fingerprint density at radius 3 is 2.17 bits per heavy atom. The van der Waals surface area contributed by atoms with Gasteiger partial charge < -0.3 is 0 Å². The maximum Gasteiger partial charge on any atom is 1.00 e. The van der Waals surface area contributed by atoms with Crippen LogP contribution >= 0.6 is 0 Å². The number of nitriles is 1. The van der Waals surface area contributed by atoms with Gasteiger partial charge in [-0.2, -0.15) is 0 Å². The van der Waals surface area contributed by atoms with Crippen molar-refractivity contribution in [1.82, 2.24) is 0 Å². The van der Waals surface area contributed by atoms with Gasteiger partial charge in [-0.05, 0) is 12.5 Å². The van der Waals surface area contributed by atoms with Crippen molar-refractivity contribution in [1.29, 1.82) is 5.26 Å². The minimum atomic E-state index is 0. The van der Waals surface area contributed by atoms with E-state index in [1.165, 1.54) is 0 Å². The number of hydrogen-bond acceptors (Lipinski definition) is 1. The number of nitrogens with zero attached hydrogens (tertiary/aromatic N) is 1. The average molecular weight is 227 g/mol. The number of hydrogen-bond donors (Lipinski definition) is 0. The second kappa shape index (κ2) is 6.36. The summed E-state index contributed by atoms with van der Waals surface area (Å²) < 4.78 is 0. The maximum atomic E-state index is 9.23. The standard InChI is InChI=1S/C16H14N.Li/c1-12-8-9-13(2)16(11-17)15(12)10-14-6-4-3-5-7-14;/h3-10H,1-2H3;/q-1;+1. The Morgan fingerprint density at radius 2 is 1.56 bits per heavy atom. The zero-order valence-corrected chi connectivity index (χ0v) is 11.1. The Bertz CT molecular complexity index is 568. The minimum absolute atomic E-state index is 0. The second-order valence-electron chi connectivity index (χ2n) is 4.15. The van der Waals surface area contributed by atoms with Gasteiger partial charge in [0, 0.05) is 0 Å². The quantitative estimate of drug-likeness (QED) is 0.549. The van der Waals surface area contributed by atoms with E-state index in [0.717, 1.165) is 27.8 Å². The van der Waals surface area contributed by atoms with Crippen molar-refractivity contribution in [3.63, 3.8) is 0 Å². The van der Waals surface area contributed by atoms with Crippen LogP contribution in [0.5, 0.6) is 0 Å². The molecule has 2 aromatic rings. The van der Waals surface area contributed by atoms with E-state index >= 15 is 0 Å². The third-order valence-electron chi connectivity index (χ3n) is 2.89. The number of rotatable bonds is 2. The van der Waals surface area contributed by atoms with Gasteiger partial charge in [0.05, 0.1) is 6.07 Å². The van der Waals surface area contributed by atoms with Crippen molar-refractivity contribution < 1.29 is 18.9 Å². The van der Waals surface area contributed by atoms with E-state index in [-0.39, 0.29) is 18.9 Å². The van der Waals surface area contributed by atoms with Gasteiger partial charge in [0.2, 0.25) is 0 Å². The molecule has 0 N–H and O–H groups in total. The van der Waals surface area contributed by atoms with Crippen molar-refractivity contribution in [3.05, 3.63) is 76.7 Å². The van der Waals surface area contributed by atoms with Gasteiger partial charge >= 0.3 is 18.9 Å². The summed E-state index contributed by atoms with van der Waals surface area (Å²) >= 11 is 0. The average Bonchev–Trinajstić information content (AvgIpc) is 2.35. The summed E-state index contributed by atoms with van der Waals surface area (Å²) in [6.07, 6.45) is 2.07. The third-order valence-corrected chi connectivity index (χ3v) is 2.89. The fourth-order valence-electron chi connectivity index (χ4n) is 1.88. The van der Waals surface area contributed by atoms with E-state index in [0.29, 0.717) is 0 Å². The van der Waals surface area contributed by atoms with E-state index in [1.807, 2.05) is 50.2 Å². The molecule has 0 saturated carbocycles. The zero-order valence-electron chi connectivity index (χ0n) is 11.1. The van der Waals surface area contributed by atoms with Crippen LogP contribution in [0.4, 0.5) is 0 Å². The van der Waals surface area contributed by atoms with Gasteiger partial charge in [0.15, 0.2) is 0 Å². The Labute approximate surface area is 121 Å². The fourth-order valence-corrected chi connectivity index (χ4v) is 1.88. The van der Waals surface area contributed by atoms with E-state index < -0.39 is 0 Å². The van der Waals surface area contributed by atoms with Gasteiger partial charge in [-0.15, -0.1) is 35.2 Å². The summed E-state index contributed by atoms with van der Waals surface area (Å²) in [4.78, 5) is 0. The molecule has 0 aromatic heterocycles. The fraction of sp³-hybridized carbons (Fsp3) is 0.125. The summed E-state index contributed by atoms with van der Waals surface area (Å²) in [5.41, 5.74) is 5.08. The molecule has 0 amide bonds. The van der Waals surface area contributed by atoms with Crippen LogP contribution < -0.4 is 18.9 Å². The molecule has 1 nitrogen and oxygen atoms in total. The first-order valence-corrected chi connectivity index (χ1v) is 5.62. The van der Waals surface area contributed by atoms with Crippen molar-refractivity contribution in [2.45, 2.75) is 13.8 Å². The van der Waals surface area contributed by atoms with Gasteiger partial charge in [0.1, 0.15) is 0 Å². The smallest absolute Gasteiger partial charge is 0.202 e. The molecule has 0 aliphatic heterocycles. The molecule has 2 aromatic carbocycles. The van der Waals surface area contributed by atoms with Crippen LogP contribution in [0.15, 0.2) is 42.5 Å². The normalized spacial score (nSPS) is 9.17. The first-order chi connectivity index (χ1) is 8.22. The Hall–Kier alpha value is -1.60. The molecule has 0 atom stereocenters. The predicted octanol–water partition coefficient (Wildman–Crippen LogP) is 0.780. The zero-order chi connectivity index (χ0) is 12.3. The van der Waals surface area contributed by atoms with Crippen molar-refractivity contribution in [3.8, 4) is 6.07 Å². The maximum absolute atomic E-state index is 9.23. The first kappa shape index (κ1) is 14.5. The summed E-state index contributed by atoms with van der Waals surface area (Å²) in [7, 11) is 0. The van der Waals surface area contributed by atoms with Crippen LogP contribution in [0.1, 0.15) is 27.8 Å². The molecule has 0 fully saturated rings. The molecule has 0 aliphatic carbocycles. The van der Waals surface area contributed by atoms with Gasteiger partial charge in [-0.3, -0.25) is 0 Å². The summed E-state index contributed by atoms with van der Waals surface area (Å²) in [6, 6.07) is 16.4. The summed E-state index contributed by atoms with van der Waals surface area (Å²) in [5, 5.41) is 9.23.